The Bertz CT molecular complexity index is 1170. The largest absolute Gasteiger partial charge is 0.493 e. The standard InChI is InChI=1S/C26H29N5O2/c32-26(30-11-1-2-12-30)25-22-18-29(16-20-3-4-24-21(15-20)8-14-33-24)13-7-23(22)31(28-25)17-19-5-9-27-10-6-19/h3-6,9-10,15H,1-2,7-8,11-14,16-18H2. The van der Waals surface area contributed by atoms with Gasteiger partial charge in [0.25, 0.3) is 5.91 Å². The number of amides is 1. The maximum atomic E-state index is 13.4. The Balaban J connectivity index is 1.28. The highest BCUT2D eigenvalue weighted by atomic mass is 16.5. The molecule has 170 valence electrons. The van der Waals surface area contributed by atoms with E-state index in [4.69, 9.17) is 9.84 Å². The Morgan fingerprint density at radius 1 is 0.970 bits per heavy atom. The first-order chi connectivity index (χ1) is 16.2. The summed E-state index contributed by atoms with van der Waals surface area (Å²) in [6.45, 7) is 5.72. The van der Waals surface area contributed by atoms with E-state index in [1.54, 1.807) is 0 Å². The lowest BCUT2D eigenvalue weighted by atomic mass is 10.0. The summed E-state index contributed by atoms with van der Waals surface area (Å²) in [6.07, 6.45) is 7.67. The minimum atomic E-state index is 0.0914. The Hall–Kier alpha value is -3.19. The van der Waals surface area contributed by atoms with E-state index < -0.39 is 0 Å². The second kappa shape index (κ2) is 8.63. The number of ether oxygens (including phenoxy) is 1. The summed E-state index contributed by atoms with van der Waals surface area (Å²) < 4.78 is 7.72. The van der Waals surface area contributed by atoms with Crippen LogP contribution in [0.1, 0.15) is 51.3 Å². The first-order valence-corrected chi connectivity index (χ1v) is 12.0. The van der Waals surface area contributed by atoms with E-state index in [0.717, 1.165) is 81.9 Å². The lowest BCUT2D eigenvalue weighted by molar-refractivity contribution is 0.0783. The third kappa shape index (κ3) is 4.02. The molecule has 33 heavy (non-hydrogen) atoms. The van der Waals surface area contributed by atoms with Crippen molar-refractivity contribution in [2.24, 2.45) is 0 Å². The van der Waals surface area contributed by atoms with E-state index in [1.807, 2.05) is 29.4 Å². The molecule has 3 aliphatic heterocycles. The summed E-state index contributed by atoms with van der Waals surface area (Å²) in [5.41, 5.74) is 6.72. The van der Waals surface area contributed by atoms with Crippen molar-refractivity contribution in [3.8, 4) is 5.75 Å². The van der Waals surface area contributed by atoms with Crippen LogP contribution in [-0.4, -0.2) is 56.7 Å². The first kappa shape index (κ1) is 20.4. The van der Waals surface area contributed by atoms with E-state index in [1.165, 1.54) is 16.8 Å². The average molecular weight is 444 g/mol. The van der Waals surface area contributed by atoms with Crippen LogP contribution in [0.2, 0.25) is 0 Å². The summed E-state index contributed by atoms with van der Waals surface area (Å²) in [4.78, 5) is 21.9. The smallest absolute Gasteiger partial charge is 0.274 e. The van der Waals surface area contributed by atoms with Crippen LogP contribution in [0.4, 0.5) is 0 Å². The minimum Gasteiger partial charge on any atom is -0.493 e. The van der Waals surface area contributed by atoms with E-state index in [2.05, 4.69) is 32.8 Å². The fourth-order valence-electron chi connectivity index (χ4n) is 5.31. The Labute approximate surface area is 194 Å². The van der Waals surface area contributed by atoms with Crippen LogP contribution < -0.4 is 4.74 Å². The summed E-state index contributed by atoms with van der Waals surface area (Å²) in [5, 5.41) is 4.88. The molecule has 7 heteroatoms. The maximum absolute atomic E-state index is 13.4. The molecular formula is C26H29N5O2. The zero-order valence-electron chi connectivity index (χ0n) is 18.9. The highest BCUT2D eigenvalue weighted by Gasteiger charge is 2.31. The molecule has 0 N–H and O–H groups in total. The molecule has 1 amide bonds. The summed E-state index contributed by atoms with van der Waals surface area (Å²) in [7, 11) is 0. The number of benzene rings is 1. The van der Waals surface area contributed by atoms with Crippen molar-refractivity contribution in [1.82, 2.24) is 24.6 Å². The SMILES string of the molecule is O=C(c1nn(Cc2ccncc2)c2c1CN(Cc1ccc3c(c1)CCO3)CC2)N1CCCC1. The lowest BCUT2D eigenvalue weighted by Gasteiger charge is -2.28. The van der Waals surface area contributed by atoms with Crippen molar-refractivity contribution in [2.45, 2.75) is 45.3 Å². The summed E-state index contributed by atoms with van der Waals surface area (Å²) in [6, 6.07) is 10.6. The molecule has 0 aliphatic carbocycles. The first-order valence-electron chi connectivity index (χ1n) is 12.0. The van der Waals surface area contributed by atoms with Crippen LogP contribution in [0.3, 0.4) is 0 Å². The van der Waals surface area contributed by atoms with Crippen LogP contribution in [0.5, 0.6) is 5.75 Å². The number of nitrogens with zero attached hydrogens (tertiary/aromatic N) is 5. The summed E-state index contributed by atoms with van der Waals surface area (Å²) >= 11 is 0. The predicted octanol–water partition coefficient (Wildman–Crippen LogP) is 3.06. The van der Waals surface area contributed by atoms with Gasteiger partial charge in [0, 0.05) is 69.2 Å². The third-order valence-corrected chi connectivity index (χ3v) is 7.05. The monoisotopic (exact) mass is 443 g/mol. The van der Waals surface area contributed by atoms with Gasteiger partial charge in [-0.25, -0.2) is 0 Å². The van der Waals surface area contributed by atoms with E-state index in [-0.39, 0.29) is 5.91 Å². The van der Waals surface area contributed by atoms with Gasteiger partial charge in [0.1, 0.15) is 5.75 Å². The number of hydrogen-bond acceptors (Lipinski definition) is 5. The van der Waals surface area contributed by atoms with Crippen molar-refractivity contribution in [3.63, 3.8) is 0 Å². The van der Waals surface area contributed by atoms with Gasteiger partial charge < -0.3 is 9.64 Å². The Morgan fingerprint density at radius 3 is 2.67 bits per heavy atom. The molecule has 0 unspecified atom stereocenters. The van der Waals surface area contributed by atoms with Crippen LogP contribution in [0.15, 0.2) is 42.7 Å². The van der Waals surface area contributed by atoms with Gasteiger partial charge in [-0.2, -0.15) is 5.10 Å². The molecule has 5 heterocycles. The Kier molecular flexibility index (Phi) is 5.34. The molecule has 0 bridgehead atoms. The third-order valence-electron chi connectivity index (χ3n) is 7.05. The molecule has 1 fully saturated rings. The Morgan fingerprint density at radius 2 is 1.82 bits per heavy atom. The van der Waals surface area contributed by atoms with Crippen LogP contribution in [-0.2, 0) is 32.5 Å². The van der Waals surface area contributed by atoms with Gasteiger partial charge in [0.05, 0.1) is 13.2 Å². The van der Waals surface area contributed by atoms with Crippen LogP contribution >= 0.6 is 0 Å². The molecule has 1 saturated heterocycles. The molecule has 0 atom stereocenters. The molecule has 1 aromatic carbocycles. The molecule has 3 aliphatic rings. The maximum Gasteiger partial charge on any atom is 0.274 e. The van der Waals surface area contributed by atoms with E-state index in [0.29, 0.717) is 12.2 Å². The van der Waals surface area contributed by atoms with Crippen LogP contribution in [0, 0.1) is 0 Å². The van der Waals surface area contributed by atoms with Gasteiger partial charge >= 0.3 is 0 Å². The number of fused-ring (bicyclic) bond motifs is 2. The van der Waals surface area contributed by atoms with E-state index in [9.17, 15) is 4.79 Å². The van der Waals surface area contributed by atoms with Gasteiger partial charge in [0.15, 0.2) is 5.69 Å². The molecule has 2 aromatic heterocycles. The quantitative estimate of drug-likeness (QED) is 0.607. The zero-order chi connectivity index (χ0) is 22.2. The second-order valence-electron chi connectivity index (χ2n) is 9.29. The molecule has 0 saturated carbocycles. The molecular weight excluding hydrogens is 414 g/mol. The fourth-order valence-corrected chi connectivity index (χ4v) is 5.31. The van der Waals surface area contributed by atoms with Gasteiger partial charge in [-0.15, -0.1) is 0 Å². The number of carbonyl (C=O) groups excluding carboxylic acids is 1. The number of rotatable bonds is 5. The molecule has 7 nitrogen and oxygen atoms in total. The van der Waals surface area contributed by atoms with Crippen LogP contribution in [0.25, 0.3) is 0 Å². The lowest BCUT2D eigenvalue weighted by Crippen LogP contribution is -2.33. The van der Waals surface area contributed by atoms with Gasteiger partial charge in [-0.1, -0.05) is 12.1 Å². The highest BCUT2D eigenvalue weighted by Crippen LogP contribution is 2.29. The number of carbonyl (C=O) groups is 1. The van der Waals surface area contributed by atoms with Crippen molar-refractivity contribution >= 4 is 5.91 Å². The van der Waals surface area contributed by atoms with Gasteiger partial charge in [-0.3, -0.25) is 19.4 Å². The molecule has 0 radical (unpaired) electrons. The average Bonchev–Trinajstić information content (AvgIpc) is 3.60. The van der Waals surface area contributed by atoms with Crippen molar-refractivity contribution in [1.29, 1.82) is 0 Å². The van der Waals surface area contributed by atoms with Crippen molar-refractivity contribution in [2.75, 3.05) is 26.2 Å². The zero-order valence-corrected chi connectivity index (χ0v) is 18.9. The topological polar surface area (TPSA) is 63.5 Å². The normalized spacial score (nSPS) is 17.6. The molecule has 6 rings (SSSR count). The minimum absolute atomic E-state index is 0.0914. The van der Waals surface area contributed by atoms with E-state index >= 15 is 0 Å². The van der Waals surface area contributed by atoms with Crippen molar-refractivity contribution in [3.05, 3.63) is 76.4 Å². The second-order valence-corrected chi connectivity index (χ2v) is 9.29. The summed E-state index contributed by atoms with van der Waals surface area (Å²) in [5.74, 6) is 1.12. The highest BCUT2D eigenvalue weighted by molar-refractivity contribution is 5.94. The van der Waals surface area contributed by atoms with Gasteiger partial charge in [-0.05, 0) is 47.7 Å². The van der Waals surface area contributed by atoms with Gasteiger partial charge in [0.2, 0.25) is 0 Å². The number of hydrogen-bond donors (Lipinski definition) is 0. The number of likely N-dealkylation sites (tertiary alicyclic amines) is 1. The van der Waals surface area contributed by atoms with Crippen molar-refractivity contribution < 1.29 is 9.53 Å². The number of pyridine rings is 1. The predicted molar refractivity (Wildman–Crippen MR) is 124 cm³/mol. The fraction of sp³-hybridized carbons (Fsp3) is 0.423. The number of aromatic nitrogens is 3. The molecule has 0 spiro atoms. The molecule has 3 aromatic rings.